The van der Waals surface area contributed by atoms with Gasteiger partial charge in [0.1, 0.15) is 16.2 Å². The average molecular weight is 504 g/mol. The van der Waals surface area contributed by atoms with Crippen LogP contribution in [0.4, 0.5) is 17.3 Å². The molecule has 2 aromatic rings. The number of methoxy groups -OCH3 is 1. The molecule has 0 atom stereocenters. The van der Waals surface area contributed by atoms with Crippen LogP contribution in [0.5, 0.6) is 0 Å². The third-order valence-electron chi connectivity index (χ3n) is 5.41. The lowest BCUT2D eigenvalue weighted by Crippen LogP contribution is -2.38. The van der Waals surface area contributed by atoms with Crippen molar-refractivity contribution in [3.8, 4) is 0 Å². The zero-order chi connectivity index (χ0) is 23.3. The number of nitrogens with one attached hydrogen (secondary N) is 2. The second-order valence-corrected chi connectivity index (χ2v) is 8.74. The minimum Gasteiger partial charge on any atom is -0.461 e. The van der Waals surface area contributed by atoms with Gasteiger partial charge in [0, 0.05) is 25.9 Å². The summed E-state index contributed by atoms with van der Waals surface area (Å²) in [6, 6.07) is 7.25. The second-order valence-electron chi connectivity index (χ2n) is 7.93. The molecule has 0 aromatic carbocycles. The monoisotopic (exact) mass is 503 g/mol. The van der Waals surface area contributed by atoms with E-state index < -0.39 is 5.97 Å². The van der Waals surface area contributed by atoms with Crippen LogP contribution in [-0.2, 0) is 9.47 Å². The molecule has 0 spiro atoms. The molecule has 172 valence electrons. The highest BCUT2D eigenvalue weighted by molar-refractivity contribution is 9.10. The predicted octanol–water partition coefficient (Wildman–Crippen LogP) is 4.80. The first-order valence-corrected chi connectivity index (χ1v) is 11.6. The van der Waals surface area contributed by atoms with Crippen LogP contribution in [-0.4, -0.2) is 54.6 Å². The van der Waals surface area contributed by atoms with Gasteiger partial charge < -0.3 is 25.1 Å². The van der Waals surface area contributed by atoms with Gasteiger partial charge in [0.25, 0.3) is 0 Å². The summed E-state index contributed by atoms with van der Waals surface area (Å²) in [7, 11) is 1.73. The summed E-state index contributed by atoms with van der Waals surface area (Å²) >= 11 is 3.39. The summed E-state index contributed by atoms with van der Waals surface area (Å²) in [6.45, 7) is 7.50. The fraction of sp³-hybridized carbons (Fsp3) is 0.478. The van der Waals surface area contributed by atoms with E-state index in [1.807, 2.05) is 32.0 Å². The van der Waals surface area contributed by atoms with Crippen molar-refractivity contribution < 1.29 is 14.3 Å². The molecule has 1 aliphatic rings. The Hall–Kier alpha value is -2.52. The summed E-state index contributed by atoms with van der Waals surface area (Å²) in [5.41, 5.74) is 2.11. The van der Waals surface area contributed by atoms with Gasteiger partial charge >= 0.3 is 5.97 Å². The summed E-state index contributed by atoms with van der Waals surface area (Å²) in [5.74, 6) is 0.461. The first-order chi connectivity index (χ1) is 15.3. The Morgan fingerprint density at radius 1 is 1.31 bits per heavy atom. The lowest BCUT2D eigenvalue weighted by Gasteiger charge is -2.35. The van der Waals surface area contributed by atoms with E-state index >= 15 is 0 Å². The molecule has 0 aliphatic carbocycles. The molecule has 1 aliphatic heterocycles. The van der Waals surface area contributed by atoms with Gasteiger partial charge in [0.2, 0.25) is 0 Å². The van der Waals surface area contributed by atoms with E-state index in [-0.39, 0.29) is 24.3 Å². The number of aromatic nitrogens is 2. The molecule has 0 bridgehead atoms. The predicted molar refractivity (Wildman–Crippen MR) is 129 cm³/mol. The van der Waals surface area contributed by atoms with Crippen molar-refractivity contribution in [1.29, 1.82) is 5.41 Å². The molecule has 8 nitrogen and oxygen atoms in total. The molecule has 0 amide bonds. The highest BCUT2D eigenvalue weighted by atomic mass is 79.9. The number of piperidine rings is 1. The van der Waals surface area contributed by atoms with Crippen LogP contribution < -0.4 is 10.2 Å². The van der Waals surface area contributed by atoms with Crippen LogP contribution in [0.25, 0.3) is 0 Å². The number of ether oxygens (including phenoxy) is 2. The molecular formula is C23H30BrN5O3. The minimum absolute atomic E-state index is 0.0310. The molecule has 2 N–H and O–H groups in total. The Morgan fingerprint density at radius 3 is 2.62 bits per heavy atom. The highest BCUT2D eigenvalue weighted by Crippen LogP contribution is 2.34. The lowest BCUT2D eigenvalue weighted by atomic mass is 9.96. The van der Waals surface area contributed by atoms with E-state index in [0.29, 0.717) is 27.5 Å². The van der Waals surface area contributed by atoms with Crippen LogP contribution in [0.1, 0.15) is 49.7 Å². The number of pyridine rings is 2. The molecule has 9 heteroatoms. The zero-order valence-corrected chi connectivity index (χ0v) is 20.5. The van der Waals surface area contributed by atoms with Gasteiger partial charge in [-0.3, -0.25) is 0 Å². The Balaban J connectivity index is 2.14. The van der Waals surface area contributed by atoms with Crippen LogP contribution in [0, 0.1) is 11.3 Å². The van der Waals surface area contributed by atoms with Crippen molar-refractivity contribution in [2.75, 3.05) is 37.0 Å². The summed E-state index contributed by atoms with van der Waals surface area (Å²) < 4.78 is 11.4. The number of nitrogens with zero attached hydrogens (tertiary/aromatic N) is 3. The van der Waals surface area contributed by atoms with Crippen molar-refractivity contribution in [2.45, 2.75) is 39.7 Å². The Bertz CT molecular complexity index is 974. The van der Waals surface area contributed by atoms with Crippen LogP contribution in [0.2, 0.25) is 0 Å². The lowest BCUT2D eigenvalue weighted by molar-refractivity contribution is 0.0519. The van der Waals surface area contributed by atoms with Gasteiger partial charge in [-0.2, -0.15) is 0 Å². The molecule has 32 heavy (non-hydrogen) atoms. The van der Waals surface area contributed by atoms with Gasteiger partial charge in [0.15, 0.2) is 5.69 Å². The number of carbonyl (C=O) groups excluding carboxylic acids is 1. The summed E-state index contributed by atoms with van der Waals surface area (Å²) in [6.07, 6.45) is 1.96. The van der Waals surface area contributed by atoms with E-state index in [1.54, 1.807) is 20.1 Å². The third-order valence-corrected chi connectivity index (χ3v) is 5.85. The number of hydrogen-bond donors (Lipinski definition) is 2. The number of rotatable bonds is 8. The fourth-order valence-electron chi connectivity index (χ4n) is 3.67. The smallest absolute Gasteiger partial charge is 0.357 e. The molecule has 0 radical (unpaired) electrons. The highest BCUT2D eigenvalue weighted by Gasteiger charge is 2.28. The number of carbonyl (C=O) groups is 1. The number of esters is 1. The number of anilines is 3. The van der Waals surface area contributed by atoms with Gasteiger partial charge in [-0.15, -0.1) is 0 Å². The van der Waals surface area contributed by atoms with E-state index in [2.05, 4.69) is 36.1 Å². The second kappa shape index (κ2) is 10.9. The van der Waals surface area contributed by atoms with E-state index in [9.17, 15) is 4.79 Å². The van der Waals surface area contributed by atoms with Crippen molar-refractivity contribution in [3.63, 3.8) is 0 Å². The van der Waals surface area contributed by atoms with Crippen molar-refractivity contribution in [2.24, 2.45) is 5.92 Å². The minimum atomic E-state index is -0.492. The summed E-state index contributed by atoms with van der Waals surface area (Å²) in [5, 5.41) is 12.1. The molecule has 0 unspecified atom stereocenters. The number of halogens is 1. The number of hydrogen-bond acceptors (Lipinski definition) is 8. The van der Waals surface area contributed by atoms with Crippen LogP contribution >= 0.6 is 15.9 Å². The largest absolute Gasteiger partial charge is 0.461 e. The molecule has 1 saturated heterocycles. The molecule has 3 rings (SSSR count). The molecule has 1 fully saturated rings. The summed E-state index contributed by atoms with van der Waals surface area (Å²) in [4.78, 5) is 23.8. The van der Waals surface area contributed by atoms with E-state index in [0.717, 1.165) is 31.6 Å². The zero-order valence-electron chi connectivity index (χ0n) is 18.9. The molecule has 0 saturated carbocycles. The first-order valence-electron chi connectivity index (χ1n) is 10.8. The standard InChI is InChI=1S/C23H30BrN5O3/c1-5-32-23(30)16-13-17(29-11-9-15(31-4)10-12-29)20(21(25)14(2)3)22(26-16)28-19-8-6-7-18(24)27-19/h6-8,13-15,25H,5,9-12H2,1-4H3,(H,26,27,28). The van der Waals surface area contributed by atoms with Crippen LogP contribution in [0.15, 0.2) is 28.9 Å². The Morgan fingerprint density at radius 2 is 2.03 bits per heavy atom. The van der Waals surface area contributed by atoms with Crippen molar-refractivity contribution >= 4 is 44.9 Å². The average Bonchev–Trinajstić information content (AvgIpc) is 2.78. The quantitative estimate of drug-likeness (QED) is 0.303. The topological polar surface area (TPSA) is 100 Å². The molecule has 3 heterocycles. The van der Waals surface area contributed by atoms with Gasteiger partial charge in [-0.1, -0.05) is 19.9 Å². The van der Waals surface area contributed by atoms with Gasteiger partial charge in [-0.05, 0) is 59.8 Å². The maximum absolute atomic E-state index is 12.6. The van der Waals surface area contributed by atoms with E-state index in [4.69, 9.17) is 14.9 Å². The third kappa shape index (κ3) is 5.63. The Labute approximate surface area is 197 Å². The fourth-order valence-corrected chi connectivity index (χ4v) is 4.01. The SMILES string of the molecule is CCOC(=O)c1cc(N2CCC(OC)CC2)c(C(=N)C(C)C)c(Nc2cccc(Br)n2)n1. The Kier molecular flexibility index (Phi) is 8.20. The van der Waals surface area contributed by atoms with Crippen molar-refractivity contribution in [1.82, 2.24) is 9.97 Å². The maximum Gasteiger partial charge on any atom is 0.357 e. The van der Waals surface area contributed by atoms with Crippen LogP contribution in [0.3, 0.4) is 0 Å². The van der Waals surface area contributed by atoms with Gasteiger partial charge in [-0.25, -0.2) is 14.8 Å². The van der Waals surface area contributed by atoms with E-state index in [1.165, 1.54) is 0 Å². The first kappa shape index (κ1) is 24.1. The normalized spacial score (nSPS) is 14.5. The maximum atomic E-state index is 12.6. The molecular weight excluding hydrogens is 474 g/mol. The molecule has 2 aromatic heterocycles. The van der Waals surface area contributed by atoms with Crippen molar-refractivity contribution in [3.05, 3.63) is 40.1 Å². The van der Waals surface area contributed by atoms with Gasteiger partial charge in [0.05, 0.1) is 24.0 Å².